The van der Waals surface area contributed by atoms with Crippen molar-refractivity contribution in [2.75, 3.05) is 79.3 Å². The zero-order valence-corrected chi connectivity index (χ0v) is 23.5. The Morgan fingerprint density at radius 3 is 0.667 bits per heavy atom. The second-order valence-corrected chi connectivity index (χ2v) is 6.68. The van der Waals surface area contributed by atoms with Crippen LogP contribution >= 0.6 is 0 Å². The molecule has 0 rings (SSSR count). The van der Waals surface area contributed by atoms with E-state index in [1.165, 1.54) is 0 Å². The van der Waals surface area contributed by atoms with Gasteiger partial charge in [-0.15, -0.1) is 26.4 Å². The molecule has 0 bridgehead atoms. The predicted octanol–water partition coefficient (Wildman–Crippen LogP) is 0.651. The Labute approximate surface area is 219 Å². The van der Waals surface area contributed by atoms with Gasteiger partial charge in [0.15, 0.2) is 0 Å². The molecular weight excluding hydrogens is 464 g/mol. The van der Waals surface area contributed by atoms with E-state index in [2.05, 4.69) is 27.7 Å². The van der Waals surface area contributed by atoms with Crippen molar-refractivity contribution >= 4 is 0 Å². The van der Waals surface area contributed by atoms with Gasteiger partial charge in [0.1, 0.15) is 0 Å². The molecule has 0 atom stereocenters. The van der Waals surface area contributed by atoms with Gasteiger partial charge < -0.3 is 39.4 Å². The average molecular weight is 517 g/mol. The first-order valence-corrected chi connectivity index (χ1v) is 12.3. The maximum atomic E-state index is 9.77. The molecule has 0 amide bonds. The summed E-state index contributed by atoms with van der Waals surface area (Å²) in [6.45, 7) is 12.5. The monoisotopic (exact) mass is 516 g/mol. The van der Waals surface area contributed by atoms with Crippen LogP contribution in [-0.4, -0.2) is 79.3 Å². The summed E-state index contributed by atoms with van der Waals surface area (Å²) in [6.07, 6.45) is 8.83. The zero-order chi connectivity index (χ0) is 25.0. The van der Waals surface area contributed by atoms with Crippen LogP contribution in [0.15, 0.2) is 0 Å². The number of hydrogen-bond acceptors (Lipinski definition) is 8. The fraction of sp³-hybridized carbons (Fsp3) is 1.00. The van der Waals surface area contributed by atoms with E-state index in [-0.39, 0.29) is 48.1 Å². The summed E-state index contributed by atoms with van der Waals surface area (Å²) in [5.41, 5.74) is 0. The van der Waals surface area contributed by atoms with Crippen LogP contribution in [0.3, 0.4) is 0 Å². The normalized spacial score (nSPS) is 9.45. The minimum atomic E-state index is -0.107. The van der Waals surface area contributed by atoms with Crippen LogP contribution in [0.2, 0.25) is 0 Å². The zero-order valence-electron chi connectivity index (χ0n) is 21.9. The van der Waals surface area contributed by atoms with Crippen LogP contribution in [0, 0.1) is 0 Å². The van der Waals surface area contributed by atoms with Crippen LogP contribution in [0.4, 0.5) is 0 Å². The summed E-state index contributed by atoms with van der Waals surface area (Å²) < 4.78 is 19.6. The number of rotatable bonds is 20. The fourth-order valence-electron chi connectivity index (χ4n) is 1.63. The Kier molecular flexibility index (Phi) is 70.7. The molecule has 0 radical (unpaired) electrons. The van der Waals surface area contributed by atoms with E-state index in [0.717, 1.165) is 77.8 Å². The van der Waals surface area contributed by atoms with Gasteiger partial charge in [-0.1, -0.05) is 53.4 Å². The molecule has 0 unspecified atom stereocenters. The number of unbranched alkanes of at least 4 members (excludes halogenated alkanes) is 4. The largest absolute Gasteiger partial charge is 4.00 e. The Morgan fingerprint density at radius 1 is 0.364 bits per heavy atom. The molecule has 0 aromatic heterocycles. The van der Waals surface area contributed by atoms with Gasteiger partial charge in [0, 0.05) is 52.9 Å². The Balaban J connectivity index is -0.000000105. The second kappa shape index (κ2) is 53.7. The average Bonchev–Trinajstić information content (AvgIpc) is 2.82. The van der Waals surface area contributed by atoms with Crippen molar-refractivity contribution < 1.29 is 61.1 Å². The number of ether oxygens (including phenoxy) is 4. The molecule has 0 fully saturated rings. The Bertz CT molecular complexity index is 181. The summed E-state index contributed by atoms with van der Waals surface area (Å²) in [5.74, 6) is 0. The van der Waals surface area contributed by atoms with Gasteiger partial charge >= 0.3 is 21.7 Å². The van der Waals surface area contributed by atoms with Gasteiger partial charge in [-0.2, -0.15) is 0 Å². The first-order chi connectivity index (χ1) is 15.7. The fourth-order valence-corrected chi connectivity index (χ4v) is 1.63. The van der Waals surface area contributed by atoms with E-state index in [1.54, 1.807) is 0 Å². The molecule has 9 heteroatoms. The molecule has 33 heavy (non-hydrogen) atoms. The topological polar surface area (TPSA) is 129 Å². The third-order valence-corrected chi connectivity index (χ3v) is 3.48. The van der Waals surface area contributed by atoms with Crippen LogP contribution < -0.4 is 20.4 Å². The predicted molar refractivity (Wildman–Crippen MR) is 122 cm³/mol. The summed E-state index contributed by atoms with van der Waals surface area (Å²) in [7, 11) is 0. The van der Waals surface area contributed by atoms with E-state index in [4.69, 9.17) is 18.9 Å². The van der Waals surface area contributed by atoms with Crippen molar-refractivity contribution in [3.05, 3.63) is 0 Å². The van der Waals surface area contributed by atoms with Crippen molar-refractivity contribution in [1.82, 2.24) is 0 Å². The quantitative estimate of drug-likeness (QED) is 0.170. The van der Waals surface area contributed by atoms with Crippen LogP contribution in [0.1, 0.15) is 79.1 Å². The standard InChI is InChI=1S/4C6H13O2.Ti/c4*1-2-3-5-8-6-4-7;/h4*2-6H2,1H3;/q4*-1;+4. The van der Waals surface area contributed by atoms with Gasteiger partial charge in [0.05, 0.1) is 0 Å². The molecule has 8 nitrogen and oxygen atoms in total. The van der Waals surface area contributed by atoms with Gasteiger partial charge in [-0.05, 0) is 25.7 Å². The van der Waals surface area contributed by atoms with Crippen molar-refractivity contribution in [1.29, 1.82) is 0 Å². The maximum Gasteiger partial charge on any atom is 4.00 e. The van der Waals surface area contributed by atoms with Gasteiger partial charge in [0.25, 0.3) is 0 Å². The van der Waals surface area contributed by atoms with Crippen molar-refractivity contribution in [3.8, 4) is 0 Å². The van der Waals surface area contributed by atoms with E-state index in [0.29, 0.717) is 26.4 Å². The third kappa shape index (κ3) is 72.0. The minimum Gasteiger partial charge on any atom is -0.853 e. The molecule has 0 saturated heterocycles. The van der Waals surface area contributed by atoms with E-state index in [9.17, 15) is 20.4 Å². The van der Waals surface area contributed by atoms with Crippen molar-refractivity contribution in [3.63, 3.8) is 0 Å². The molecule has 0 heterocycles. The van der Waals surface area contributed by atoms with E-state index >= 15 is 0 Å². The molecule has 0 saturated carbocycles. The van der Waals surface area contributed by atoms with Crippen molar-refractivity contribution in [2.45, 2.75) is 79.1 Å². The minimum absolute atomic E-state index is 0. The first-order valence-electron chi connectivity index (χ1n) is 12.3. The summed E-state index contributed by atoms with van der Waals surface area (Å²) >= 11 is 0. The van der Waals surface area contributed by atoms with Gasteiger partial charge in [-0.25, -0.2) is 0 Å². The van der Waals surface area contributed by atoms with Gasteiger partial charge in [-0.3, -0.25) is 0 Å². The smallest absolute Gasteiger partial charge is 0.853 e. The summed E-state index contributed by atoms with van der Waals surface area (Å²) in [4.78, 5) is 0. The number of hydrogen-bond donors (Lipinski definition) is 0. The SMILES string of the molecule is CCCCOCC[O-].CCCCOCC[O-].CCCCOCC[O-].CCCCOCC[O-].[Ti+4]. The molecule has 0 N–H and O–H groups in total. The Hall–Kier alpha value is 0.394. The van der Waals surface area contributed by atoms with E-state index < -0.39 is 0 Å². The molecule has 0 aliphatic heterocycles. The maximum absolute atomic E-state index is 9.77. The molecule has 0 aromatic carbocycles. The molecule has 0 aliphatic rings. The van der Waals surface area contributed by atoms with Crippen LogP contribution in [0.25, 0.3) is 0 Å². The van der Waals surface area contributed by atoms with Crippen molar-refractivity contribution in [2.24, 2.45) is 0 Å². The first kappa shape index (κ1) is 43.5. The summed E-state index contributed by atoms with van der Waals surface area (Å²) in [6, 6.07) is 0. The molecule has 0 spiro atoms. The second-order valence-electron chi connectivity index (χ2n) is 6.68. The molecule has 200 valence electrons. The molecule has 0 aromatic rings. The third-order valence-electron chi connectivity index (χ3n) is 3.48. The molecular formula is C24H52O8Ti. The molecule has 0 aliphatic carbocycles. The summed E-state index contributed by atoms with van der Waals surface area (Å²) in [5, 5.41) is 39.1. The van der Waals surface area contributed by atoms with Gasteiger partial charge in [0.2, 0.25) is 0 Å². The van der Waals surface area contributed by atoms with Crippen LogP contribution in [0.5, 0.6) is 0 Å². The van der Waals surface area contributed by atoms with Crippen LogP contribution in [-0.2, 0) is 40.7 Å². The Morgan fingerprint density at radius 2 is 0.545 bits per heavy atom. The van der Waals surface area contributed by atoms with E-state index in [1.807, 2.05) is 0 Å².